The molecule has 1 atom stereocenters. The van der Waals surface area contributed by atoms with E-state index in [1.807, 2.05) is 13.0 Å². The summed E-state index contributed by atoms with van der Waals surface area (Å²) in [6.07, 6.45) is 0. The van der Waals surface area contributed by atoms with Gasteiger partial charge in [-0.25, -0.2) is 0 Å². The second kappa shape index (κ2) is 5.70. The summed E-state index contributed by atoms with van der Waals surface area (Å²) in [6, 6.07) is 6.52. The Morgan fingerprint density at radius 2 is 1.80 bits per heavy atom. The molecule has 0 aromatic heterocycles. The Morgan fingerprint density at radius 1 is 1.20 bits per heavy atom. The van der Waals surface area contributed by atoms with Crippen LogP contribution in [0.15, 0.2) is 24.3 Å². The predicted octanol–water partition coefficient (Wildman–Crippen LogP) is 0.396. The Morgan fingerprint density at radius 3 is 2.33 bits per heavy atom. The molecule has 84 valence electrons. The quantitative estimate of drug-likeness (QED) is 0.568. The van der Waals surface area contributed by atoms with E-state index in [-0.39, 0.29) is 31.0 Å². The topological polar surface area (TPSA) is 72.7 Å². The van der Waals surface area contributed by atoms with Gasteiger partial charge in [0, 0.05) is 11.6 Å². The summed E-state index contributed by atoms with van der Waals surface area (Å²) in [4.78, 5) is 0. The molecule has 4 nitrogen and oxygen atoms in total. The average molecular weight is 211 g/mol. The van der Waals surface area contributed by atoms with Gasteiger partial charge in [-0.3, -0.25) is 0 Å². The first-order valence-electron chi connectivity index (χ1n) is 4.94. The van der Waals surface area contributed by atoms with Gasteiger partial charge in [-0.2, -0.15) is 0 Å². The Labute approximate surface area is 89.2 Å². The number of hydrogen-bond donors (Lipinski definition) is 4. The number of para-hydroxylation sites is 1. The standard InChI is InChI=1S/C11H17NO3/c1-8(12-9(6-13)7-14)10-4-2-3-5-11(10)15/h2-5,8-9,12-15H,6-7H2,1H3/t8-/m1/s1. The van der Waals surface area contributed by atoms with Crippen molar-refractivity contribution >= 4 is 0 Å². The zero-order chi connectivity index (χ0) is 11.3. The SMILES string of the molecule is C[C@@H](NC(CO)CO)c1ccccc1O. The minimum atomic E-state index is -0.361. The molecule has 0 radical (unpaired) electrons. The summed E-state index contributed by atoms with van der Waals surface area (Å²) in [7, 11) is 0. The lowest BCUT2D eigenvalue weighted by molar-refractivity contribution is 0.163. The molecule has 4 N–H and O–H groups in total. The monoisotopic (exact) mass is 211 g/mol. The van der Waals surface area contributed by atoms with Crippen molar-refractivity contribution in [2.75, 3.05) is 13.2 Å². The molecule has 0 aliphatic rings. The van der Waals surface area contributed by atoms with Crippen LogP contribution < -0.4 is 5.32 Å². The number of benzene rings is 1. The summed E-state index contributed by atoms with van der Waals surface area (Å²) >= 11 is 0. The van der Waals surface area contributed by atoms with Crippen LogP contribution in [0.2, 0.25) is 0 Å². The first-order valence-corrected chi connectivity index (χ1v) is 4.94. The summed E-state index contributed by atoms with van der Waals surface area (Å²) < 4.78 is 0. The maximum Gasteiger partial charge on any atom is 0.120 e. The number of aromatic hydroxyl groups is 1. The summed E-state index contributed by atoms with van der Waals surface area (Å²) in [6.45, 7) is 1.61. The van der Waals surface area contributed by atoms with Crippen LogP contribution in [0.4, 0.5) is 0 Å². The van der Waals surface area contributed by atoms with Crippen LogP contribution in [0.25, 0.3) is 0 Å². The Kier molecular flexibility index (Phi) is 4.55. The lowest BCUT2D eigenvalue weighted by Crippen LogP contribution is -2.37. The van der Waals surface area contributed by atoms with Gasteiger partial charge in [-0.05, 0) is 13.0 Å². The molecule has 0 aliphatic heterocycles. The molecule has 0 unspecified atom stereocenters. The van der Waals surface area contributed by atoms with Crippen LogP contribution in [0.3, 0.4) is 0 Å². The van der Waals surface area contributed by atoms with Gasteiger partial charge in [-0.1, -0.05) is 18.2 Å². The molecule has 0 heterocycles. The van der Waals surface area contributed by atoms with Crippen molar-refractivity contribution in [3.8, 4) is 5.75 Å². The predicted molar refractivity (Wildman–Crippen MR) is 57.6 cm³/mol. The van der Waals surface area contributed by atoms with E-state index < -0.39 is 0 Å². The van der Waals surface area contributed by atoms with Gasteiger partial charge >= 0.3 is 0 Å². The van der Waals surface area contributed by atoms with Gasteiger partial charge in [0.05, 0.1) is 19.3 Å². The van der Waals surface area contributed by atoms with Gasteiger partial charge in [0.1, 0.15) is 5.75 Å². The van der Waals surface area contributed by atoms with Crippen molar-refractivity contribution in [3.05, 3.63) is 29.8 Å². The Balaban J connectivity index is 2.68. The van der Waals surface area contributed by atoms with E-state index >= 15 is 0 Å². The molecule has 4 heteroatoms. The lowest BCUT2D eigenvalue weighted by atomic mass is 10.1. The molecule has 0 amide bonds. The number of aliphatic hydroxyl groups is 2. The number of nitrogens with one attached hydrogen (secondary N) is 1. The maximum atomic E-state index is 9.57. The highest BCUT2D eigenvalue weighted by Gasteiger charge is 2.13. The van der Waals surface area contributed by atoms with Gasteiger partial charge in [-0.15, -0.1) is 0 Å². The van der Waals surface area contributed by atoms with Crippen LogP contribution in [0, 0.1) is 0 Å². The van der Waals surface area contributed by atoms with E-state index in [9.17, 15) is 5.11 Å². The highest BCUT2D eigenvalue weighted by atomic mass is 16.3. The minimum absolute atomic E-state index is 0.115. The second-order valence-electron chi connectivity index (χ2n) is 3.51. The molecular formula is C11H17NO3. The van der Waals surface area contributed by atoms with Crippen LogP contribution in [0.1, 0.15) is 18.5 Å². The number of hydrogen-bond acceptors (Lipinski definition) is 4. The number of rotatable bonds is 5. The van der Waals surface area contributed by atoms with E-state index in [2.05, 4.69) is 5.32 Å². The average Bonchev–Trinajstić information content (AvgIpc) is 2.26. The first kappa shape index (κ1) is 12.0. The van der Waals surface area contributed by atoms with E-state index in [0.29, 0.717) is 0 Å². The summed E-state index contributed by atoms with van der Waals surface area (Å²) in [5.41, 5.74) is 0.754. The number of aliphatic hydroxyl groups excluding tert-OH is 2. The molecule has 0 bridgehead atoms. The van der Waals surface area contributed by atoms with Gasteiger partial charge in [0.25, 0.3) is 0 Å². The van der Waals surface area contributed by atoms with E-state index in [1.165, 1.54) is 0 Å². The molecule has 1 aromatic carbocycles. The minimum Gasteiger partial charge on any atom is -0.508 e. The normalized spacial score (nSPS) is 13.1. The second-order valence-corrected chi connectivity index (χ2v) is 3.51. The van der Waals surface area contributed by atoms with E-state index in [0.717, 1.165) is 5.56 Å². The zero-order valence-electron chi connectivity index (χ0n) is 8.72. The number of phenolic OH excluding ortho intramolecular Hbond substituents is 1. The third kappa shape index (κ3) is 3.20. The molecule has 0 spiro atoms. The zero-order valence-corrected chi connectivity index (χ0v) is 8.72. The lowest BCUT2D eigenvalue weighted by Gasteiger charge is -2.20. The van der Waals surface area contributed by atoms with Crippen LogP contribution in [-0.2, 0) is 0 Å². The van der Waals surface area contributed by atoms with Gasteiger partial charge < -0.3 is 20.6 Å². The molecule has 0 aliphatic carbocycles. The van der Waals surface area contributed by atoms with Crippen molar-refractivity contribution in [2.45, 2.75) is 19.0 Å². The number of phenols is 1. The Bertz CT molecular complexity index is 300. The smallest absolute Gasteiger partial charge is 0.120 e. The highest BCUT2D eigenvalue weighted by Crippen LogP contribution is 2.23. The van der Waals surface area contributed by atoms with Crippen LogP contribution >= 0.6 is 0 Å². The van der Waals surface area contributed by atoms with Crippen LogP contribution in [-0.4, -0.2) is 34.6 Å². The third-order valence-electron chi connectivity index (χ3n) is 2.33. The molecule has 1 aromatic rings. The van der Waals surface area contributed by atoms with Gasteiger partial charge in [0.15, 0.2) is 0 Å². The summed E-state index contributed by atoms with van der Waals surface area (Å²) in [5.74, 6) is 0.215. The molecule has 15 heavy (non-hydrogen) atoms. The van der Waals surface area contributed by atoms with E-state index in [4.69, 9.17) is 10.2 Å². The fraction of sp³-hybridized carbons (Fsp3) is 0.455. The molecule has 0 saturated heterocycles. The van der Waals surface area contributed by atoms with E-state index in [1.54, 1.807) is 18.2 Å². The first-order chi connectivity index (χ1) is 7.19. The van der Waals surface area contributed by atoms with Crippen LogP contribution in [0.5, 0.6) is 5.75 Å². The van der Waals surface area contributed by atoms with Crippen molar-refractivity contribution in [2.24, 2.45) is 0 Å². The largest absolute Gasteiger partial charge is 0.508 e. The molecule has 0 saturated carbocycles. The third-order valence-corrected chi connectivity index (χ3v) is 2.33. The fourth-order valence-electron chi connectivity index (χ4n) is 1.46. The highest BCUT2D eigenvalue weighted by molar-refractivity contribution is 5.34. The molecular weight excluding hydrogens is 194 g/mol. The Hall–Kier alpha value is -1.10. The van der Waals surface area contributed by atoms with Gasteiger partial charge in [0.2, 0.25) is 0 Å². The van der Waals surface area contributed by atoms with Crippen molar-refractivity contribution in [3.63, 3.8) is 0 Å². The summed E-state index contributed by atoms with van der Waals surface area (Å²) in [5, 5.41) is 30.4. The molecule has 1 rings (SSSR count). The van der Waals surface area contributed by atoms with Crippen molar-refractivity contribution < 1.29 is 15.3 Å². The van der Waals surface area contributed by atoms with Crippen molar-refractivity contribution in [1.82, 2.24) is 5.32 Å². The fourth-order valence-corrected chi connectivity index (χ4v) is 1.46. The molecule has 0 fully saturated rings. The maximum absolute atomic E-state index is 9.57. The van der Waals surface area contributed by atoms with Crippen molar-refractivity contribution in [1.29, 1.82) is 0 Å².